The van der Waals surface area contributed by atoms with Crippen LogP contribution in [0.3, 0.4) is 0 Å². The Morgan fingerprint density at radius 3 is 2.74 bits per heavy atom. The minimum atomic E-state index is -0.293. The highest BCUT2D eigenvalue weighted by Crippen LogP contribution is 2.32. The molecule has 0 fully saturated rings. The fraction of sp³-hybridized carbons (Fsp3) is 0.176. The van der Waals surface area contributed by atoms with Crippen LogP contribution in [0.1, 0.15) is 18.1 Å². The third-order valence-electron chi connectivity index (χ3n) is 2.92. The van der Waals surface area contributed by atoms with E-state index in [1.807, 2.05) is 18.2 Å². The summed E-state index contributed by atoms with van der Waals surface area (Å²) >= 11 is 9.41. The molecule has 0 bridgehead atoms. The number of nitriles is 1. The van der Waals surface area contributed by atoms with E-state index in [2.05, 4.69) is 15.9 Å². The molecule has 118 valence electrons. The number of hydrogen-bond donors (Lipinski definition) is 0. The Bertz CT molecular complexity index is 771. The molecule has 2 aromatic carbocycles. The molecule has 4 nitrogen and oxygen atoms in total. The van der Waals surface area contributed by atoms with Crippen LogP contribution >= 0.6 is 27.5 Å². The van der Waals surface area contributed by atoms with Crippen LogP contribution in [-0.2, 0) is 16.0 Å². The molecule has 0 saturated heterocycles. The number of nitrogens with zero attached hydrogens (tertiary/aromatic N) is 1. The average Bonchev–Trinajstić information content (AvgIpc) is 2.49. The number of carbonyl (C=O) groups excluding carboxylic acids is 1. The predicted molar refractivity (Wildman–Crippen MR) is 90.7 cm³/mol. The predicted octanol–water partition coefficient (Wildman–Crippen LogP) is 4.87. The molecule has 0 N–H and O–H groups in total. The summed E-state index contributed by atoms with van der Waals surface area (Å²) in [6, 6.07) is 12.5. The standard InChI is InChI=1S/C17H13BrClNO3/c1-11(21)22-5-4-12-2-3-17(16(18)8-12)23-15-7-13(10-20)6-14(19)9-15/h2-3,6-9H,4-5H2,1H3. The van der Waals surface area contributed by atoms with Crippen molar-refractivity contribution in [1.29, 1.82) is 5.26 Å². The van der Waals surface area contributed by atoms with Gasteiger partial charge >= 0.3 is 5.97 Å². The molecular formula is C17H13BrClNO3. The second kappa shape index (κ2) is 8.00. The van der Waals surface area contributed by atoms with E-state index in [0.29, 0.717) is 35.1 Å². The van der Waals surface area contributed by atoms with Gasteiger partial charge in [-0.3, -0.25) is 4.79 Å². The topological polar surface area (TPSA) is 59.3 Å². The Hall–Kier alpha value is -2.03. The molecule has 0 saturated carbocycles. The van der Waals surface area contributed by atoms with E-state index < -0.39 is 0 Å². The van der Waals surface area contributed by atoms with Crippen LogP contribution < -0.4 is 4.74 Å². The molecule has 0 unspecified atom stereocenters. The van der Waals surface area contributed by atoms with Crippen LogP contribution in [0.15, 0.2) is 40.9 Å². The lowest BCUT2D eigenvalue weighted by atomic mass is 10.1. The number of hydrogen-bond acceptors (Lipinski definition) is 4. The molecule has 2 rings (SSSR count). The van der Waals surface area contributed by atoms with Crippen molar-refractivity contribution in [3.05, 3.63) is 57.0 Å². The van der Waals surface area contributed by atoms with E-state index in [9.17, 15) is 4.79 Å². The molecule has 6 heteroatoms. The fourth-order valence-electron chi connectivity index (χ4n) is 1.91. The molecule has 23 heavy (non-hydrogen) atoms. The van der Waals surface area contributed by atoms with Gasteiger partial charge in [-0.25, -0.2) is 0 Å². The van der Waals surface area contributed by atoms with Crippen molar-refractivity contribution < 1.29 is 14.3 Å². The molecule has 0 spiro atoms. The second-order valence-electron chi connectivity index (χ2n) is 4.74. The lowest BCUT2D eigenvalue weighted by molar-refractivity contribution is -0.140. The number of esters is 1. The van der Waals surface area contributed by atoms with Gasteiger partial charge < -0.3 is 9.47 Å². The third kappa shape index (κ3) is 5.27. The Labute approximate surface area is 147 Å². The summed E-state index contributed by atoms with van der Waals surface area (Å²) in [6.45, 7) is 1.72. The maximum atomic E-state index is 10.8. The summed E-state index contributed by atoms with van der Waals surface area (Å²) in [4.78, 5) is 10.8. The molecule has 0 aliphatic rings. The van der Waals surface area contributed by atoms with Crippen molar-refractivity contribution in [3.63, 3.8) is 0 Å². The first-order valence-corrected chi connectivity index (χ1v) is 7.95. The molecule has 0 aromatic heterocycles. The number of halogens is 2. The van der Waals surface area contributed by atoms with Crippen molar-refractivity contribution in [3.8, 4) is 17.6 Å². The summed E-state index contributed by atoms with van der Waals surface area (Å²) in [6.07, 6.45) is 0.619. The minimum absolute atomic E-state index is 0.293. The SMILES string of the molecule is CC(=O)OCCc1ccc(Oc2cc(Cl)cc(C#N)c2)c(Br)c1. The largest absolute Gasteiger partial charge is 0.466 e. The zero-order chi connectivity index (χ0) is 16.8. The molecule has 2 aromatic rings. The van der Waals surface area contributed by atoms with E-state index in [-0.39, 0.29) is 5.97 Å². The van der Waals surface area contributed by atoms with Gasteiger partial charge in [0.2, 0.25) is 0 Å². The molecule has 0 atom stereocenters. The van der Waals surface area contributed by atoms with Gasteiger partial charge in [-0.05, 0) is 51.8 Å². The van der Waals surface area contributed by atoms with Crippen molar-refractivity contribution >= 4 is 33.5 Å². The number of carbonyl (C=O) groups is 1. The summed E-state index contributed by atoms with van der Waals surface area (Å²) in [5.74, 6) is 0.799. The van der Waals surface area contributed by atoms with Crippen molar-refractivity contribution in [2.24, 2.45) is 0 Å². The number of benzene rings is 2. The lowest BCUT2D eigenvalue weighted by Crippen LogP contribution is -2.03. The van der Waals surface area contributed by atoms with Crippen LogP contribution in [0.2, 0.25) is 5.02 Å². The third-order valence-corrected chi connectivity index (χ3v) is 3.76. The highest BCUT2D eigenvalue weighted by Gasteiger charge is 2.07. The van der Waals surface area contributed by atoms with Gasteiger partial charge in [-0.1, -0.05) is 17.7 Å². The first-order valence-electron chi connectivity index (χ1n) is 6.78. The number of rotatable bonds is 5. The molecule has 0 amide bonds. The Balaban J connectivity index is 2.11. The van der Waals surface area contributed by atoms with Crippen LogP contribution in [-0.4, -0.2) is 12.6 Å². The fourth-order valence-corrected chi connectivity index (χ4v) is 2.64. The van der Waals surface area contributed by atoms with Gasteiger partial charge in [-0.2, -0.15) is 5.26 Å². The van der Waals surface area contributed by atoms with Gasteiger partial charge in [0.05, 0.1) is 22.7 Å². The number of ether oxygens (including phenoxy) is 2. The monoisotopic (exact) mass is 393 g/mol. The first kappa shape index (κ1) is 17.3. The van der Waals surface area contributed by atoms with Crippen molar-refractivity contribution in [2.75, 3.05) is 6.61 Å². The van der Waals surface area contributed by atoms with Gasteiger partial charge in [-0.15, -0.1) is 0 Å². The van der Waals surface area contributed by atoms with Gasteiger partial charge in [0.1, 0.15) is 11.5 Å². The van der Waals surface area contributed by atoms with Gasteiger partial charge in [0.15, 0.2) is 0 Å². The minimum Gasteiger partial charge on any atom is -0.466 e. The van der Waals surface area contributed by atoms with Crippen LogP contribution in [0.4, 0.5) is 0 Å². The Morgan fingerprint density at radius 2 is 2.09 bits per heavy atom. The normalized spacial score (nSPS) is 10.0. The quantitative estimate of drug-likeness (QED) is 0.679. The maximum Gasteiger partial charge on any atom is 0.302 e. The summed E-state index contributed by atoms with van der Waals surface area (Å²) in [7, 11) is 0. The summed E-state index contributed by atoms with van der Waals surface area (Å²) in [5, 5.41) is 9.39. The van der Waals surface area contributed by atoms with Crippen LogP contribution in [0.5, 0.6) is 11.5 Å². The van der Waals surface area contributed by atoms with Crippen molar-refractivity contribution in [1.82, 2.24) is 0 Å². The molecule has 0 radical (unpaired) electrons. The van der Waals surface area contributed by atoms with Crippen molar-refractivity contribution in [2.45, 2.75) is 13.3 Å². The van der Waals surface area contributed by atoms with Gasteiger partial charge in [0, 0.05) is 18.4 Å². The van der Waals surface area contributed by atoms with E-state index in [1.165, 1.54) is 6.92 Å². The molecule has 0 heterocycles. The Kier molecular flexibility index (Phi) is 6.03. The lowest BCUT2D eigenvalue weighted by Gasteiger charge is -2.10. The smallest absolute Gasteiger partial charge is 0.302 e. The molecular weight excluding hydrogens is 382 g/mol. The van der Waals surface area contributed by atoms with E-state index >= 15 is 0 Å². The van der Waals surface area contributed by atoms with Crippen LogP contribution in [0, 0.1) is 11.3 Å². The van der Waals surface area contributed by atoms with E-state index in [1.54, 1.807) is 24.3 Å². The van der Waals surface area contributed by atoms with E-state index in [0.717, 1.165) is 10.0 Å². The van der Waals surface area contributed by atoms with Crippen LogP contribution in [0.25, 0.3) is 0 Å². The summed E-state index contributed by atoms with van der Waals surface area (Å²) in [5.41, 5.74) is 1.44. The Morgan fingerprint density at radius 1 is 1.30 bits per heavy atom. The molecule has 0 aliphatic carbocycles. The first-order chi connectivity index (χ1) is 11.0. The van der Waals surface area contributed by atoms with E-state index in [4.69, 9.17) is 26.3 Å². The second-order valence-corrected chi connectivity index (χ2v) is 6.04. The zero-order valence-corrected chi connectivity index (χ0v) is 14.6. The highest BCUT2D eigenvalue weighted by molar-refractivity contribution is 9.10. The zero-order valence-electron chi connectivity index (χ0n) is 12.3. The highest BCUT2D eigenvalue weighted by atomic mass is 79.9. The maximum absolute atomic E-state index is 10.8. The summed E-state index contributed by atoms with van der Waals surface area (Å²) < 4.78 is 11.4. The molecule has 0 aliphatic heterocycles. The average molecular weight is 395 g/mol. The van der Waals surface area contributed by atoms with Gasteiger partial charge in [0.25, 0.3) is 0 Å².